The van der Waals surface area contributed by atoms with Gasteiger partial charge in [-0.3, -0.25) is 0 Å². The highest BCUT2D eigenvalue weighted by Gasteiger charge is 2.30. The van der Waals surface area contributed by atoms with E-state index in [0.717, 1.165) is 28.4 Å². The minimum Gasteiger partial charge on any atom is -0.491 e. The van der Waals surface area contributed by atoms with E-state index in [1.165, 1.54) is 12.1 Å². The molecule has 0 saturated carbocycles. The Bertz CT molecular complexity index is 1210. The van der Waals surface area contributed by atoms with Gasteiger partial charge >= 0.3 is 6.18 Å². The fraction of sp³-hybridized carbons (Fsp3) is 0.208. The molecule has 2 heterocycles. The summed E-state index contributed by atoms with van der Waals surface area (Å²) in [7, 11) is 1.83. The summed E-state index contributed by atoms with van der Waals surface area (Å²) in [6.45, 7) is 3.93. The quantitative estimate of drug-likeness (QED) is 0.383. The van der Waals surface area contributed by atoms with Crippen LogP contribution in [-0.4, -0.2) is 15.7 Å². The number of nitrogens with zero attached hydrogens (tertiary/aromatic N) is 2. The van der Waals surface area contributed by atoms with Crippen molar-refractivity contribution in [2.24, 2.45) is 7.05 Å². The zero-order valence-electron chi connectivity index (χ0n) is 17.4. The second kappa shape index (κ2) is 7.98. The number of pyridine rings is 1. The Balaban J connectivity index is 1.70. The molecule has 4 aromatic rings. The lowest BCUT2D eigenvalue weighted by molar-refractivity contribution is -0.137. The van der Waals surface area contributed by atoms with Gasteiger partial charge < -0.3 is 14.6 Å². The number of hydrogen-bond donors (Lipinski definition) is 1. The van der Waals surface area contributed by atoms with Gasteiger partial charge in [0.15, 0.2) is 0 Å². The van der Waals surface area contributed by atoms with E-state index in [9.17, 15) is 13.2 Å². The molecule has 2 aromatic heterocycles. The van der Waals surface area contributed by atoms with E-state index in [1.807, 2.05) is 61.9 Å². The maximum Gasteiger partial charge on any atom is 0.416 e. The zero-order chi connectivity index (χ0) is 22.2. The first-order chi connectivity index (χ1) is 14.7. The number of fused-ring (bicyclic) bond motifs is 1. The first-order valence-electron chi connectivity index (χ1n) is 9.88. The number of hydrogen-bond acceptors (Lipinski definition) is 3. The van der Waals surface area contributed by atoms with Crippen LogP contribution in [0.5, 0.6) is 5.75 Å². The van der Waals surface area contributed by atoms with E-state index in [-0.39, 0.29) is 6.10 Å². The molecular formula is C24H22F3N3O. The molecule has 0 amide bonds. The predicted molar refractivity (Wildman–Crippen MR) is 117 cm³/mol. The Labute approximate surface area is 178 Å². The highest BCUT2D eigenvalue weighted by molar-refractivity contribution is 5.96. The van der Waals surface area contributed by atoms with E-state index in [4.69, 9.17) is 4.74 Å². The van der Waals surface area contributed by atoms with Crippen molar-refractivity contribution in [2.75, 3.05) is 5.32 Å². The van der Waals surface area contributed by atoms with Gasteiger partial charge in [0.25, 0.3) is 0 Å². The van der Waals surface area contributed by atoms with Crippen LogP contribution < -0.4 is 10.1 Å². The molecule has 0 aliphatic carbocycles. The summed E-state index contributed by atoms with van der Waals surface area (Å²) in [4.78, 5) is 4.44. The molecule has 0 bridgehead atoms. The van der Waals surface area contributed by atoms with Gasteiger partial charge in [0.2, 0.25) is 0 Å². The fourth-order valence-electron chi connectivity index (χ4n) is 3.52. The molecule has 0 aliphatic heterocycles. The fourth-order valence-corrected chi connectivity index (χ4v) is 3.52. The van der Waals surface area contributed by atoms with Crippen molar-refractivity contribution in [3.05, 3.63) is 72.4 Å². The van der Waals surface area contributed by atoms with Crippen LogP contribution in [-0.2, 0) is 13.2 Å². The summed E-state index contributed by atoms with van der Waals surface area (Å²) >= 11 is 0. The number of ether oxygens (including phenoxy) is 1. The Morgan fingerprint density at radius 1 is 1.00 bits per heavy atom. The molecule has 0 saturated heterocycles. The highest BCUT2D eigenvalue weighted by atomic mass is 19.4. The SMILES string of the molecule is CC(C)Oc1ccc(Nc2nccc3c2cc(-c2cccc(C(F)(F)F)c2)n3C)cc1. The van der Waals surface area contributed by atoms with Gasteiger partial charge in [-0.1, -0.05) is 12.1 Å². The normalized spacial score (nSPS) is 11.8. The third-order valence-electron chi connectivity index (χ3n) is 4.95. The molecule has 0 radical (unpaired) electrons. The van der Waals surface area contributed by atoms with Crippen LogP contribution in [0.2, 0.25) is 0 Å². The average Bonchev–Trinajstić information content (AvgIpc) is 3.06. The van der Waals surface area contributed by atoms with Gasteiger partial charge in [0.05, 0.1) is 17.2 Å². The van der Waals surface area contributed by atoms with Crippen molar-refractivity contribution in [1.29, 1.82) is 0 Å². The predicted octanol–water partition coefficient (Wildman–Crippen LogP) is 6.79. The second-order valence-corrected chi connectivity index (χ2v) is 7.58. The van der Waals surface area contributed by atoms with Crippen LogP contribution in [0.3, 0.4) is 0 Å². The molecule has 0 fully saturated rings. The summed E-state index contributed by atoms with van der Waals surface area (Å²) < 4.78 is 47.0. The van der Waals surface area contributed by atoms with E-state index in [2.05, 4.69) is 10.3 Å². The van der Waals surface area contributed by atoms with Gasteiger partial charge in [-0.15, -0.1) is 0 Å². The molecule has 0 atom stereocenters. The van der Waals surface area contributed by atoms with Crippen LogP contribution in [0, 0.1) is 0 Å². The van der Waals surface area contributed by atoms with Crippen molar-refractivity contribution < 1.29 is 17.9 Å². The van der Waals surface area contributed by atoms with Gasteiger partial charge in [0, 0.05) is 30.0 Å². The molecule has 4 nitrogen and oxygen atoms in total. The minimum absolute atomic E-state index is 0.0906. The van der Waals surface area contributed by atoms with Crippen molar-refractivity contribution in [3.8, 4) is 17.0 Å². The molecule has 7 heteroatoms. The van der Waals surface area contributed by atoms with Crippen LogP contribution in [0.1, 0.15) is 19.4 Å². The number of anilines is 2. The van der Waals surface area contributed by atoms with Gasteiger partial charge in [-0.05, 0) is 67.9 Å². The number of halogens is 3. The molecule has 1 N–H and O–H groups in total. The molecule has 0 spiro atoms. The molecule has 31 heavy (non-hydrogen) atoms. The van der Waals surface area contributed by atoms with Crippen molar-refractivity contribution in [3.63, 3.8) is 0 Å². The Morgan fingerprint density at radius 2 is 1.74 bits per heavy atom. The smallest absolute Gasteiger partial charge is 0.416 e. The molecular weight excluding hydrogens is 403 g/mol. The average molecular weight is 425 g/mol. The topological polar surface area (TPSA) is 39.1 Å². The Hall–Kier alpha value is -3.48. The lowest BCUT2D eigenvalue weighted by Gasteiger charge is -2.11. The van der Waals surface area contributed by atoms with Crippen LogP contribution >= 0.6 is 0 Å². The summed E-state index contributed by atoms with van der Waals surface area (Å²) in [6, 6.07) is 16.6. The van der Waals surface area contributed by atoms with Crippen LogP contribution in [0.25, 0.3) is 22.2 Å². The lowest BCUT2D eigenvalue weighted by Crippen LogP contribution is -2.05. The second-order valence-electron chi connectivity index (χ2n) is 7.58. The van der Waals surface area contributed by atoms with Crippen molar-refractivity contribution in [2.45, 2.75) is 26.1 Å². The number of nitrogens with one attached hydrogen (secondary N) is 1. The Morgan fingerprint density at radius 3 is 2.42 bits per heavy atom. The lowest BCUT2D eigenvalue weighted by atomic mass is 10.1. The standard InChI is InChI=1S/C24H22F3N3O/c1-15(2)31-19-9-7-18(8-10-19)29-23-20-14-22(30(3)21(20)11-12-28-23)16-5-4-6-17(13-16)24(25,26)27/h4-15H,1-3H3,(H,28,29). The molecule has 160 valence electrons. The first kappa shape index (κ1) is 20.8. The highest BCUT2D eigenvalue weighted by Crippen LogP contribution is 2.35. The van der Waals surface area contributed by atoms with Crippen molar-refractivity contribution in [1.82, 2.24) is 9.55 Å². The monoisotopic (exact) mass is 425 g/mol. The van der Waals surface area contributed by atoms with Gasteiger partial charge in [-0.25, -0.2) is 4.98 Å². The molecule has 2 aromatic carbocycles. The molecule has 0 unspecified atom stereocenters. The van der Waals surface area contributed by atoms with Crippen LogP contribution in [0.4, 0.5) is 24.7 Å². The van der Waals surface area contributed by atoms with E-state index in [0.29, 0.717) is 17.1 Å². The summed E-state index contributed by atoms with van der Waals surface area (Å²) in [5.74, 6) is 1.40. The first-order valence-corrected chi connectivity index (χ1v) is 9.88. The maximum absolute atomic E-state index is 13.2. The molecule has 4 rings (SSSR count). The molecule has 0 aliphatic rings. The van der Waals surface area contributed by atoms with Crippen LogP contribution in [0.15, 0.2) is 66.9 Å². The minimum atomic E-state index is -4.39. The largest absolute Gasteiger partial charge is 0.491 e. The van der Waals surface area contributed by atoms with E-state index < -0.39 is 11.7 Å². The third kappa shape index (κ3) is 4.35. The maximum atomic E-state index is 13.2. The number of rotatable bonds is 5. The van der Waals surface area contributed by atoms with Gasteiger partial charge in [-0.2, -0.15) is 13.2 Å². The summed E-state index contributed by atoms with van der Waals surface area (Å²) in [6.07, 6.45) is -2.62. The number of alkyl halides is 3. The number of benzene rings is 2. The number of aryl methyl sites for hydroxylation is 1. The summed E-state index contributed by atoms with van der Waals surface area (Å²) in [5, 5.41) is 4.11. The van der Waals surface area contributed by atoms with Gasteiger partial charge in [0.1, 0.15) is 11.6 Å². The number of aromatic nitrogens is 2. The third-order valence-corrected chi connectivity index (χ3v) is 4.95. The zero-order valence-corrected chi connectivity index (χ0v) is 17.4. The summed E-state index contributed by atoms with van der Waals surface area (Å²) in [5.41, 5.74) is 2.20. The Kier molecular flexibility index (Phi) is 5.35. The van der Waals surface area contributed by atoms with E-state index >= 15 is 0 Å². The van der Waals surface area contributed by atoms with E-state index in [1.54, 1.807) is 12.3 Å². The van der Waals surface area contributed by atoms with Crippen molar-refractivity contribution >= 4 is 22.4 Å².